The van der Waals surface area contributed by atoms with E-state index in [0.717, 1.165) is 4.57 Å². The maximum absolute atomic E-state index is 13.8. The molecule has 10 heteroatoms. The van der Waals surface area contributed by atoms with Crippen molar-refractivity contribution in [1.82, 2.24) is 18.9 Å². The summed E-state index contributed by atoms with van der Waals surface area (Å²) in [5.41, 5.74) is 0.161. The molecule has 0 amide bonds. The van der Waals surface area contributed by atoms with E-state index in [1.807, 2.05) is 0 Å². The fourth-order valence-corrected chi connectivity index (χ4v) is 4.86. The molecule has 3 aromatic heterocycles. The lowest BCUT2D eigenvalue weighted by Gasteiger charge is -2.12. The maximum atomic E-state index is 13.8. The first-order valence-corrected chi connectivity index (χ1v) is 10.3. The van der Waals surface area contributed by atoms with E-state index in [1.165, 1.54) is 41.2 Å². The van der Waals surface area contributed by atoms with Gasteiger partial charge < -0.3 is 9.53 Å². The van der Waals surface area contributed by atoms with Crippen LogP contribution in [0.15, 0.2) is 46.2 Å². The van der Waals surface area contributed by atoms with E-state index in [9.17, 15) is 18.8 Å². The fourth-order valence-electron chi connectivity index (χ4n) is 3.60. The Bertz CT molecular complexity index is 1390. The third-order valence-corrected chi connectivity index (χ3v) is 6.39. The molecule has 0 aliphatic carbocycles. The second kappa shape index (κ2) is 8.31. The predicted molar refractivity (Wildman–Crippen MR) is 115 cm³/mol. The maximum Gasteiger partial charge on any atom is 0.332 e. The molecule has 0 spiro atoms. The van der Waals surface area contributed by atoms with Crippen molar-refractivity contribution in [3.05, 3.63) is 74.4 Å². The Balaban J connectivity index is 1.90. The van der Waals surface area contributed by atoms with Gasteiger partial charge in [-0.25, -0.2) is 13.9 Å². The quantitative estimate of drug-likeness (QED) is 0.410. The number of halogens is 1. The van der Waals surface area contributed by atoms with Crippen molar-refractivity contribution in [3.63, 3.8) is 0 Å². The number of carbonyl (C=O) groups excluding carboxylic acids is 1. The molecule has 0 radical (unpaired) electrons. The van der Waals surface area contributed by atoms with Crippen molar-refractivity contribution >= 4 is 27.8 Å². The van der Waals surface area contributed by atoms with Crippen molar-refractivity contribution in [2.75, 3.05) is 7.11 Å². The number of fused-ring (bicyclic) bond motifs is 1. The van der Waals surface area contributed by atoms with Gasteiger partial charge in [-0.05, 0) is 43.2 Å². The highest BCUT2D eigenvalue weighted by Crippen LogP contribution is 2.31. The standard InChI is InChI=1S/C21H19FN4O4S/c1-13-17-18(28)24(10-11-27)21(29)25(20(17)31-19(13)26-8-3-7-23-26)9-6-14-12-15(22)4-5-16(14)30-2/h3-5,7-8,11-12H,6,9-10H2,1-2H3. The molecule has 0 saturated heterocycles. The lowest BCUT2D eigenvalue weighted by atomic mass is 10.1. The highest BCUT2D eigenvalue weighted by molar-refractivity contribution is 7.21. The first kappa shape index (κ1) is 20.7. The van der Waals surface area contributed by atoms with E-state index >= 15 is 0 Å². The van der Waals surface area contributed by atoms with Gasteiger partial charge in [0.15, 0.2) is 0 Å². The van der Waals surface area contributed by atoms with E-state index in [0.29, 0.717) is 44.8 Å². The van der Waals surface area contributed by atoms with E-state index in [2.05, 4.69) is 5.10 Å². The number of benzene rings is 1. The summed E-state index contributed by atoms with van der Waals surface area (Å²) in [6, 6.07) is 5.95. The fraction of sp³-hybridized carbons (Fsp3) is 0.238. The van der Waals surface area contributed by atoms with Gasteiger partial charge in [0.05, 0.1) is 19.0 Å². The van der Waals surface area contributed by atoms with Crippen LogP contribution in [0.4, 0.5) is 4.39 Å². The van der Waals surface area contributed by atoms with Gasteiger partial charge in [-0.2, -0.15) is 5.10 Å². The minimum Gasteiger partial charge on any atom is -0.496 e. The Kier molecular flexibility index (Phi) is 5.55. The molecule has 0 unspecified atom stereocenters. The van der Waals surface area contributed by atoms with Gasteiger partial charge in [0, 0.05) is 24.5 Å². The van der Waals surface area contributed by atoms with Crippen LogP contribution in [0, 0.1) is 12.7 Å². The Hall–Kier alpha value is -3.53. The summed E-state index contributed by atoms with van der Waals surface area (Å²) in [5.74, 6) is 0.0960. The SMILES string of the molecule is COc1ccc(F)cc1CCn1c(=O)n(CC=O)c(=O)c2c(C)c(-n3cccn3)sc21. The van der Waals surface area contributed by atoms with Crippen molar-refractivity contribution in [2.45, 2.75) is 26.4 Å². The van der Waals surface area contributed by atoms with Crippen LogP contribution in [0.3, 0.4) is 0 Å². The lowest BCUT2D eigenvalue weighted by molar-refractivity contribution is -0.108. The van der Waals surface area contributed by atoms with Crippen molar-refractivity contribution in [1.29, 1.82) is 0 Å². The predicted octanol–water partition coefficient (Wildman–Crippen LogP) is 2.31. The molecule has 3 heterocycles. The summed E-state index contributed by atoms with van der Waals surface area (Å²) in [5, 5.41) is 5.30. The van der Waals surface area contributed by atoms with Gasteiger partial charge in [-0.15, -0.1) is 0 Å². The van der Waals surface area contributed by atoms with Gasteiger partial charge in [0.1, 0.15) is 27.7 Å². The molecule has 0 saturated carbocycles. The van der Waals surface area contributed by atoms with E-state index in [-0.39, 0.29) is 13.1 Å². The molecule has 4 rings (SSSR count). The zero-order chi connectivity index (χ0) is 22.1. The number of hydrogen-bond acceptors (Lipinski definition) is 6. The molecular weight excluding hydrogens is 423 g/mol. The number of aryl methyl sites for hydroxylation is 3. The number of nitrogens with zero attached hydrogens (tertiary/aromatic N) is 4. The van der Waals surface area contributed by atoms with Crippen molar-refractivity contribution < 1.29 is 13.9 Å². The van der Waals surface area contributed by atoms with Gasteiger partial charge in [0.2, 0.25) is 0 Å². The zero-order valence-corrected chi connectivity index (χ0v) is 17.7. The summed E-state index contributed by atoms with van der Waals surface area (Å²) in [6.07, 6.45) is 4.19. The number of rotatable bonds is 7. The third kappa shape index (κ3) is 3.59. The van der Waals surface area contributed by atoms with E-state index in [1.54, 1.807) is 30.1 Å². The number of thiophene rings is 1. The molecule has 8 nitrogen and oxygen atoms in total. The largest absolute Gasteiger partial charge is 0.496 e. The molecule has 31 heavy (non-hydrogen) atoms. The molecule has 0 atom stereocenters. The molecular formula is C21H19FN4O4S. The van der Waals surface area contributed by atoms with Gasteiger partial charge in [0.25, 0.3) is 5.56 Å². The van der Waals surface area contributed by atoms with Crippen LogP contribution in [0.1, 0.15) is 11.1 Å². The molecule has 1 aromatic carbocycles. The van der Waals surface area contributed by atoms with Crippen LogP contribution >= 0.6 is 11.3 Å². The van der Waals surface area contributed by atoms with E-state index < -0.39 is 17.1 Å². The third-order valence-electron chi connectivity index (χ3n) is 5.09. The van der Waals surface area contributed by atoms with Crippen molar-refractivity contribution in [3.8, 4) is 10.8 Å². The number of ether oxygens (including phenoxy) is 1. The number of carbonyl (C=O) groups is 1. The number of aldehydes is 1. The molecule has 160 valence electrons. The van der Waals surface area contributed by atoms with Crippen LogP contribution < -0.4 is 16.0 Å². The minimum absolute atomic E-state index is 0.173. The Morgan fingerprint density at radius 1 is 1.26 bits per heavy atom. The average molecular weight is 442 g/mol. The highest BCUT2D eigenvalue weighted by Gasteiger charge is 2.21. The molecule has 0 bridgehead atoms. The van der Waals surface area contributed by atoms with Crippen LogP contribution in [0.2, 0.25) is 0 Å². The molecule has 0 fully saturated rings. The second-order valence-corrected chi connectivity index (χ2v) is 7.86. The summed E-state index contributed by atoms with van der Waals surface area (Å²) in [7, 11) is 1.49. The number of hydrogen-bond donors (Lipinski definition) is 0. The Labute approximate surface area is 179 Å². The van der Waals surface area contributed by atoms with Crippen LogP contribution in [-0.4, -0.2) is 32.3 Å². The van der Waals surface area contributed by atoms with Gasteiger partial charge >= 0.3 is 5.69 Å². The zero-order valence-electron chi connectivity index (χ0n) is 16.9. The van der Waals surface area contributed by atoms with Crippen molar-refractivity contribution in [2.24, 2.45) is 0 Å². The number of methoxy groups -OCH3 is 1. The van der Waals surface area contributed by atoms with Crippen LogP contribution in [-0.2, 0) is 24.3 Å². The first-order valence-electron chi connectivity index (χ1n) is 9.49. The molecule has 0 N–H and O–H groups in total. The monoisotopic (exact) mass is 442 g/mol. The second-order valence-electron chi connectivity index (χ2n) is 6.89. The summed E-state index contributed by atoms with van der Waals surface area (Å²) in [4.78, 5) is 37.7. The average Bonchev–Trinajstić information content (AvgIpc) is 3.39. The Morgan fingerprint density at radius 2 is 2.06 bits per heavy atom. The molecule has 0 aliphatic rings. The first-order chi connectivity index (χ1) is 15.0. The lowest BCUT2D eigenvalue weighted by Crippen LogP contribution is -2.40. The minimum atomic E-state index is -0.590. The topological polar surface area (TPSA) is 88.1 Å². The normalized spacial score (nSPS) is 11.2. The van der Waals surface area contributed by atoms with Crippen LogP contribution in [0.25, 0.3) is 15.2 Å². The van der Waals surface area contributed by atoms with Gasteiger partial charge in [-0.3, -0.25) is 13.9 Å². The summed E-state index contributed by atoms with van der Waals surface area (Å²) in [6.45, 7) is 1.61. The summed E-state index contributed by atoms with van der Waals surface area (Å²) >= 11 is 1.27. The van der Waals surface area contributed by atoms with E-state index in [4.69, 9.17) is 4.74 Å². The smallest absolute Gasteiger partial charge is 0.332 e. The number of aromatic nitrogens is 4. The van der Waals surface area contributed by atoms with Crippen LogP contribution in [0.5, 0.6) is 5.75 Å². The highest BCUT2D eigenvalue weighted by atomic mass is 32.1. The summed E-state index contributed by atoms with van der Waals surface area (Å²) < 4.78 is 23.1. The Morgan fingerprint density at radius 3 is 2.74 bits per heavy atom. The molecule has 0 aliphatic heterocycles. The molecule has 4 aromatic rings. The van der Waals surface area contributed by atoms with Gasteiger partial charge in [-0.1, -0.05) is 11.3 Å².